The predicted octanol–water partition coefficient (Wildman–Crippen LogP) is 4.84. The average molecular weight is 381 g/mol. The molecule has 0 saturated carbocycles. The van der Waals surface area contributed by atoms with Crippen LogP contribution in [-0.2, 0) is 0 Å². The van der Waals surface area contributed by atoms with E-state index < -0.39 is 0 Å². The largest absolute Gasteiger partial charge is 0.438 e. The predicted molar refractivity (Wildman–Crippen MR) is 107 cm³/mol. The number of benzene rings is 2. The lowest BCUT2D eigenvalue weighted by Crippen LogP contribution is -1.96. The molecule has 0 bridgehead atoms. The Hall–Kier alpha value is -4.13. The molecule has 0 saturated heterocycles. The molecule has 0 aliphatic heterocycles. The van der Waals surface area contributed by atoms with E-state index in [2.05, 4.69) is 25.1 Å². The summed E-state index contributed by atoms with van der Waals surface area (Å²) < 4.78 is 11.1. The number of hydrogen-bond acceptors (Lipinski definition) is 7. The lowest BCUT2D eigenvalue weighted by Gasteiger charge is -2.10. The van der Waals surface area contributed by atoms with Gasteiger partial charge in [0.1, 0.15) is 5.75 Å². The number of rotatable bonds is 4. The maximum Gasteiger partial charge on any atom is 0.230 e. The molecule has 0 fully saturated rings. The molecule has 7 heteroatoms. The van der Waals surface area contributed by atoms with E-state index in [0.29, 0.717) is 29.2 Å². The van der Waals surface area contributed by atoms with Gasteiger partial charge in [-0.15, -0.1) is 0 Å². The highest BCUT2D eigenvalue weighted by Gasteiger charge is 2.12. The second-order valence-corrected chi connectivity index (χ2v) is 6.37. The molecule has 0 atom stereocenters. The zero-order valence-electron chi connectivity index (χ0n) is 15.5. The van der Waals surface area contributed by atoms with Crippen LogP contribution < -0.4 is 4.74 Å². The van der Waals surface area contributed by atoms with Gasteiger partial charge in [-0.1, -0.05) is 17.3 Å². The lowest BCUT2D eigenvalue weighted by molar-refractivity contribution is 0.394. The number of aromatic nitrogens is 5. The van der Waals surface area contributed by atoms with Gasteiger partial charge in [-0.3, -0.25) is 4.98 Å². The molecule has 0 radical (unpaired) electrons. The molecule has 5 rings (SSSR count). The molecule has 3 heterocycles. The van der Waals surface area contributed by atoms with E-state index in [1.54, 1.807) is 19.3 Å². The molecule has 5 aromatic rings. The van der Waals surface area contributed by atoms with E-state index in [1.807, 2.05) is 60.7 Å². The Balaban J connectivity index is 1.52. The number of para-hydroxylation sites is 1. The smallest absolute Gasteiger partial charge is 0.230 e. The molecule has 0 unspecified atom stereocenters. The van der Waals surface area contributed by atoms with E-state index in [0.717, 1.165) is 22.0 Å². The van der Waals surface area contributed by atoms with Crippen LogP contribution in [0.15, 0.2) is 77.6 Å². The van der Waals surface area contributed by atoms with Gasteiger partial charge in [0.05, 0.1) is 10.9 Å². The van der Waals surface area contributed by atoms with Crippen LogP contribution in [0.5, 0.6) is 11.6 Å². The highest BCUT2D eigenvalue weighted by Crippen LogP contribution is 2.30. The highest BCUT2D eigenvalue weighted by atomic mass is 16.5. The Morgan fingerprint density at radius 1 is 0.793 bits per heavy atom. The fraction of sp³-hybridized carbons (Fsp3) is 0.0455. The first-order chi connectivity index (χ1) is 14.3. The van der Waals surface area contributed by atoms with Crippen LogP contribution in [0.4, 0.5) is 0 Å². The summed E-state index contributed by atoms with van der Waals surface area (Å²) in [6.45, 7) is 1.76. The third kappa shape index (κ3) is 3.41. The monoisotopic (exact) mass is 381 g/mol. The number of nitrogens with zero attached hydrogens (tertiary/aromatic N) is 5. The number of pyridine rings is 1. The van der Waals surface area contributed by atoms with Crippen molar-refractivity contribution in [1.82, 2.24) is 25.1 Å². The van der Waals surface area contributed by atoms with Crippen molar-refractivity contribution in [3.05, 3.63) is 78.9 Å². The minimum Gasteiger partial charge on any atom is -0.438 e. The van der Waals surface area contributed by atoms with Gasteiger partial charge in [0, 0.05) is 30.4 Å². The molecule has 29 heavy (non-hydrogen) atoms. The van der Waals surface area contributed by atoms with Crippen LogP contribution >= 0.6 is 0 Å². The van der Waals surface area contributed by atoms with Crippen LogP contribution in [0.2, 0.25) is 0 Å². The fourth-order valence-electron chi connectivity index (χ4n) is 2.95. The quantitative estimate of drug-likeness (QED) is 0.440. The number of hydrogen-bond donors (Lipinski definition) is 0. The van der Waals surface area contributed by atoms with E-state index in [-0.39, 0.29) is 0 Å². The topological polar surface area (TPSA) is 86.8 Å². The second kappa shape index (κ2) is 7.12. The summed E-state index contributed by atoms with van der Waals surface area (Å²) in [5.74, 6) is 2.76. The van der Waals surface area contributed by atoms with Gasteiger partial charge in [0.15, 0.2) is 5.82 Å². The summed E-state index contributed by atoms with van der Waals surface area (Å²) in [6, 6.07) is 19.0. The Labute approximate surface area is 166 Å². The second-order valence-electron chi connectivity index (χ2n) is 6.37. The van der Waals surface area contributed by atoms with Crippen molar-refractivity contribution >= 4 is 10.9 Å². The van der Waals surface area contributed by atoms with Crippen molar-refractivity contribution in [1.29, 1.82) is 0 Å². The van der Waals surface area contributed by atoms with Crippen LogP contribution in [0.1, 0.15) is 5.89 Å². The Morgan fingerprint density at radius 3 is 2.41 bits per heavy atom. The van der Waals surface area contributed by atoms with Gasteiger partial charge >= 0.3 is 0 Å². The molecule has 0 N–H and O–H groups in total. The van der Waals surface area contributed by atoms with E-state index in [4.69, 9.17) is 9.26 Å². The Bertz CT molecular complexity index is 1280. The summed E-state index contributed by atoms with van der Waals surface area (Å²) in [5, 5.41) is 4.76. The van der Waals surface area contributed by atoms with E-state index in [1.165, 1.54) is 0 Å². The SMILES string of the molecule is Cc1nc(-c2ccc(Oc3nc(-c4cccnc4)nc4ccccc34)cc2)no1. The zero-order valence-corrected chi connectivity index (χ0v) is 15.5. The van der Waals surface area contributed by atoms with Crippen molar-refractivity contribution in [2.45, 2.75) is 6.92 Å². The first-order valence-corrected chi connectivity index (χ1v) is 9.02. The first-order valence-electron chi connectivity index (χ1n) is 9.02. The summed E-state index contributed by atoms with van der Waals surface area (Å²) in [6.07, 6.45) is 3.45. The van der Waals surface area contributed by atoms with Gasteiger partial charge in [-0.05, 0) is 48.5 Å². The summed E-state index contributed by atoms with van der Waals surface area (Å²) in [7, 11) is 0. The molecule has 0 aliphatic carbocycles. The molecule has 0 aliphatic rings. The minimum atomic E-state index is 0.484. The molecule has 7 nitrogen and oxygen atoms in total. The minimum absolute atomic E-state index is 0.484. The van der Waals surface area contributed by atoms with E-state index >= 15 is 0 Å². The number of ether oxygens (including phenoxy) is 1. The normalized spacial score (nSPS) is 10.9. The summed E-state index contributed by atoms with van der Waals surface area (Å²) in [4.78, 5) is 17.7. The van der Waals surface area contributed by atoms with Gasteiger partial charge in [-0.2, -0.15) is 9.97 Å². The maximum absolute atomic E-state index is 6.11. The summed E-state index contributed by atoms with van der Waals surface area (Å²) >= 11 is 0. The van der Waals surface area contributed by atoms with Crippen molar-refractivity contribution in [3.63, 3.8) is 0 Å². The molecule has 0 amide bonds. The van der Waals surface area contributed by atoms with Crippen LogP contribution in [0.25, 0.3) is 33.7 Å². The van der Waals surface area contributed by atoms with Gasteiger partial charge in [0.2, 0.25) is 17.6 Å². The highest BCUT2D eigenvalue weighted by molar-refractivity contribution is 5.85. The van der Waals surface area contributed by atoms with Gasteiger partial charge in [-0.25, -0.2) is 4.98 Å². The molecule has 140 valence electrons. The van der Waals surface area contributed by atoms with Gasteiger partial charge < -0.3 is 9.26 Å². The van der Waals surface area contributed by atoms with Crippen molar-refractivity contribution in [3.8, 4) is 34.4 Å². The van der Waals surface area contributed by atoms with Crippen LogP contribution in [0, 0.1) is 6.92 Å². The van der Waals surface area contributed by atoms with E-state index in [9.17, 15) is 0 Å². The number of aryl methyl sites for hydroxylation is 1. The third-order valence-electron chi connectivity index (χ3n) is 4.34. The molecule has 2 aromatic carbocycles. The Kier molecular flexibility index (Phi) is 4.18. The number of fused-ring (bicyclic) bond motifs is 1. The first kappa shape index (κ1) is 17.0. The van der Waals surface area contributed by atoms with Crippen molar-refractivity contribution in [2.24, 2.45) is 0 Å². The average Bonchev–Trinajstić information content (AvgIpc) is 3.21. The molecule has 3 aromatic heterocycles. The maximum atomic E-state index is 6.11. The fourth-order valence-corrected chi connectivity index (χ4v) is 2.95. The van der Waals surface area contributed by atoms with Crippen LogP contribution in [-0.4, -0.2) is 25.1 Å². The lowest BCUT2D eigenvalue weighted by atomic mass is 10.2. The van der Waals surface area contributed by atoms with Gasteiger partial charge in [0.25, 0.3) is 0 Å². The van der Waals surface area contributed by atoms with Crippen LogP contribution in [0.3, 0.4) is 0 Å². The standard InChI is InChI=1S/C22H15N5O2/c1-14-24-21(27-29-14)15-8-10-17(11-9-15)28-22-18-6-2-3-7-19(18)25-20(26-22)16-5-4-12-23-13-16/h2-13H,1H3. The van der Waals surface area contributed by atoms with Crippen molar-refractivity contribution < 1.29 is 9.26 Å². The Morgan fingerprint density at radius 2 is 1.66 bits per heavy atom. The summed E-state index contributed by atoms with van der Waals surface area (Å²) in [5.41, 5.74) is 2.47. The molecular formula is C22H15N5O2. The molecular weight excluding hydrogens is 366 g/mol. The van der Waals surface area contributed by atoms with Crippen molar-refractivity contribution in [2.75, 3.05) is 0 Å². The molecule has 0 spiro atoms. The third-order valence-corrected chi connectivity index (χ3v) is 4.34. The zero-order chi connectivity index (χ0) is 19.6.